The van der Waals surface area contributed by atoms with Gasteiger partial charge in [-0.15, -0.1) is 0 Å². The van der Waals surface area contributed by atoms with E-state index >= 15 is 0 Å². The van der Waals surface area contributed by atoms with Crippen LogP contribution in [0.2, 0.25) is 0 Å². The number of aliphatic hydroxyl groups excluding tert-OH is 1. The van der Waals surface area contributed by atoms with Crippen molar-refractivity contribution < 1.29 is 24.2 Å². The zero-order valence-corrected chi connectivity index (χ0v) is 19.1. The Morgan fingerprint density at radius 3 is 2.28 bits per heavy atom. The number of nitrogens with zero attached hydrogens (tertiary/aromatic N) is 1. The van der Waals surface area contributed by atoms with E-state index in [1.165, 1.54) is 4.90 Å². The molecule has 1 atom stereocenters. The van der Waals surface area contributed by atoms with Crippen LogP contribution in [0.1, 0.15) is 49.9 Å². The van der Waals surface area contributed by atoms with E-state index in [-0.39, 0.29) is 17.4 Å². The first-order valence-corrected chi connectivity index (χ1v) is 11.0. The van der Waals surface area contributed by atoms with Gasteiger partial charge in [-0.05, 0) is 62.1 Å². The van der Waals surface area contributed by atoms with Crippen LogP contribution in [-0.2, 0) is 20.7 Å². The molecule has 32 heavy (non-hydrogen) atoms. The maximum absolute atomic E-state index is 13.0. The van der Waals surface area contributed by atoms with Crippen molar-refractivity contribution in [3.05, 3.63) is 70.8 Å². The zero-order valence-electron chi connectivity index (χ0n) is 19.1. The van der Waals surface area contributed by atoms with Crippen LogP contribution < -0.4 is 4.74 Å². The van der Waals surface area contributed by atoms with Crippen LogP contribution in [-0.4, -0.2) is 48.1 Å². The highest BCUT2D eigenvalue weighted by molar-refractivity contribution is 6.46. The van der Waals surface area contributed by atoms with Crippen LogP contribution in [0.15, 0.2) is 54.1 Å². The SMILES string of the molecule is CCc1ccc(C2/C(=C(\O)c3ccc(OC(C)C)cc3)C(=O)C(=O)N2CCCOC)cc1. The Labute approximate surface area is 189 Å². The fraction of sp³-hybridized carbons (Fsp3) is 0.385. The van der Waals surface area contributed by atoms with Gasteiger partial charge in [-0.3, -0.25) is 9.59 Å². The monoisotopic (exact) mass is 437 g/mol. The number of aryl methyl sites for hydroxylation is 1. The van der Waals surface area contributed by atoms with Gasteiger partial charge in [0.15, 0.2) is 0 Å². The summed E-state index contributed by atoms with van der Waals surface area (Å²) in [6, 6.07) is 14.1. The molecule has 2 aromatic carbocycles. The maximum Gasteiger partial charge on any atom is 0.295 e. The molecule has 1 amide bonds. The summed E-state index contributed by atoms with van der Waals surface area (Å²) < 4.78 is 10.8. The summed E-state index contributed by atoms with van der Waals surface area (Å²) >= 11 is 0. The number of rotatable bonds is 9. The van der Waals surface area contributed by atoms with Crippen molar-refractivity contribution in [3.8, 4) is 5.75 Å². The Hall–Kier alpha value is -3.12. The Morgan fingerprint density at radius 1 is 1.06 bits per heavy atom. The summed E-state index contributed by atoms with van der Waals surface area (Å²) in [6.45, 7) is 6.77. The van der Waals surface area contributed by atoms with E-state index in [0.29, 0.717) is 30.9 Å². The lowest BCUT2D eigenvalue weighted by Gasteiger charge is -2.25. The van der Waals surface area contributed by atoms with E-state index in [1.807, 2.05) is 38.1 Å². The van der Waals surface area contributed by atoms with Crippen molar-refractivity contribution in [2.24, 2.45) is 0 Å². The predicted octanol–water partition coefficient (Wildman–Crippen LogP) is 4.49. The minimum absolute atomic E-state index is 0.0259. The van der Waals surface area contributed by atoms with Gasteiger partial charge in [-0.1, -0.05) is 31.2 Å². The third kappa shape index (κ3) is 5.02. The summed E-state index contributed by atoms with van der Waals surface area (Å²) in [5.41, 5.74) is 2.52. The summed E-state index contributed by atoms with van der Waals surface area (Å²) in [5, 5.41) is 11.1. The van der Waals surface area contributed by atoms with E-state index in [2.05, 4.69) is 6.92 Å². The third-order valence-electron chi connectivity index (χ3n) is 5.49. The molecule has 0 spiro atoms. The second-order valence-corrected chi connectivity index (χ2v) is 8.12. The van der Waals surface area contributed by atoms with Gasteiger partial charge in [0.2, 0.25) is 0 Å². The minimum Gasteiger partial charge on any atom is -0.507 e. The lowest BCUT2D eigenvalue weighted by molar-refractivity contribution is -0.140. The van der Waals surface area contributed by atoms with Gasteiger partial charge in [0.05, 0.1) is 17.7 Å². The molecular weight excluding hydrogens is 406 g/mol. The van der Waals surface area contributed by atoms with E-state index in [1.54, 1.807) is 31.4 Å². The number of amides is 1. The highest BCUT2D eigenvalue weighted by Gasteiger charge is 2.45. The number of hydrogen-bond donors (Lipinski definition) is 1. The number of hydrogen-bond acceptors (Lipinski definition) is 5. The average Bonchev–Trinajstić information content (AvgIpc) is 3.04. The number of aliphatic hydroxyl groups is 1. The van der Waals surface area contributed by atoms with Gasteiger partial charge in [0.1, 0.15) is 11.5 Å². The van der Waals surface area contributed by atoms with E-state index < -0.39 is 17.7 Å². The lowest BCUT2D eigenvalue weighted by Crippen LogP contribution is -2.31. The summed E-state index contributed by atoms with van der Waals surface area (Å²) in [7, 11) is 1.60. The van der Waals surface area contributed by atoms with Gasteiger partial charge in [0.25, 0.3) is 11.7 Å². The first-order valence-electron chi connectivity index (χ1n) is 11.0. The molecule has 1 aliphatic heterocycles. The molecule has 3 rings (SSSR count). The number of ether oxygens (including phenoxy) is 2. The number of benzene rings is 2. The van der Waals surface area contributed by atoms with Crippen molar-refractivity contribution in [2.75, 3.05) is 20.3 Å². The fourth-order valence-electron chi connectivity index (χ4n) is 3.89. The smallest absolute Gasteiger partial charge is 0.295 e. The van der Waals surface area contributed by atoms with Gasteiger partial charge in [0, 0.05) is 25.8 Å². The second kappa shape index (κ2) is 10.5. The van der Waals surface area contributed by atoms with E-state index in [0.717, 1.165) is 17.5 Å². The van der Waals surface area contributed by atoms with E-state index in [9.17, 15) is 14.7 Å². The summed E-state index contributed by atoms with van der Waals surface area (Å²) in [4.78, 5) is 27.4. The van der Waals surface area contributed by atoms with Gasteiger partial charge in [-0.25, -0.2) is 0 Å². The van der Waals surface area contributed by atoms with Crippen LogP contribution in [0.4, 0.5) is 0 Å². The Morgan fingerprint density at radius 2 is 1.72 bits per heavy atom. The predicted molar refractivity (Wildman–Crippen MR) is 124 cm³/mol. The Bertz CT molecular complexity index is 976. The van der Waals surface area contributed by atoms with Crippen molar-refractivity contribution in [2.45, 2.75) is 45.8 Å². The number of carbonyl (C=O) groups excluding carboxylic acids is 2. The van der Waals surface area contributed by atoms with Crippen LogP contribution in [0, 0.1) is 0 Å². The number of ketones is 1. The molecule has 0 aromatic heterocycles. The molecular formula is C26H31NO5. The standard InChI is InChI=1S/C26H31NO5/c1-5-18-7-9-19(10-8-18)23-22(25(29)26(30)27(23)15-6-16-31-4)24(28)20-11-13-21(14-12-20)32-17(2)3/h7-14,17,23,28H,5-6,15-16H2,1-4H3/b24-22+. The summed E-state index contributed by atoms with van der Waals surface area (Å²) in [5.74, 6) is -0.791. The molecule has 0 saturated carbocycles. The first kappa shape index (κ1) is 23.5. The molecule has 1 saturated heterocycles. The highest BCUT2D eigenvalue weighted by atomic mass is 16.5. The number of Topliss-reactive ketones (excluding diaryl/α,β-unsaturated/α-hetero) is 1. The van der Waals surface area contributed by atoms with Crippen LogP contribution >= 0.6 is 0 Å². The van der Waals surface area contributed by atoms with Crippen molar-refractivity contribution >= 4 is 17.4 Å². The van der Waals surface area contributed by atoms with Crippen molar-refractivity contribution in [3.63, 3.8) is 0 Å². The number of likely N-dealkylation sites (tertiary alicyclic amines) is 1. The summed E-state index contributed by atoms with van der Waals surface area (Å²) in [6.07, 6.45) is 1.51. The normalized spacial score (nSPS) is 17.9. The lowest BCUT2D eigenvalue weighted by atomic mass is 9.94. The molecule has 0 radical (unpaired) electrons. The minimum atomic E-state index is -0.674. The van der Waals surface area contributed by atoms with Gasteiger partial charge < -0.3 is 19.5 Å². The molecule has 0 bridgehead atoms. The van der Waals surface area contributed by atoms with Crippen molar-refractivity contribution in [1.82, 2.24) is 4.90 Å². The second-order valence-electron chi connectivity index (χ2n) is 8.12. The highest BCUT2D eigenvalue weighted by Crippen LogP contribution is 2.39. The Kier molecular flexibility index (Phi) is 7.70. The van der Waals surface area contributed by atoms with Crippen LogP contribution in [0.25, 0.3) is 5.76 Å². The maximum atomic E-state index is 13.0. The number of carbonyl (C=O) groups is 2. The topological polar surface area (TPSA) is 76.1 Å². The van der Waals surface area contributed by atoms with E-state index in [4.69, 9.17) is 9.47 Å². The first-order chi connectivity index (χ1) is 15.4. The molecule has 1 heterocycles. The average molecular weight is 438 g/mol. The molecule has 1 aliphatic rings. The van der Waals surface area contributed by atoms with Gasteiger partial charge >= 0.3 is 0 Å². The molecule has 1 fully saturated rings. The molecule has 0 aliphatic carbocycles. The van der Waals surface area contributed by atoms with Gasteiger partial charge in [-0.2, -0.15) is 0 Å². The number of methoxy groups -OCH3 is 1. The molecule has 2 aromatic rings. The molecule has 6 heteroatoms. The molecule has 1 unspecified atom stereocenters. The Balaban J connectivity index is 2.04. The molecule has 6 nitrogen and oxygen atoms in total. The molecule has 170 valence electrons. The molecule has 1 N–H and O–H groups in total. The van der Waals surface area contributed by atoms with Crippen molar-refractivity contribution in [1.29, 1.82) is 0 Å². The third-order valence-corrected chi connectivity index (χ3v) is 5.49. The quantitative estimate of drug-likeness (QED) is 0.271. The fourth-order valence-corrected chi connectivity index (χ4v) is 3.89. The largest absolute Gasteiger partial charge is 0.507 e. The van der Waals surface area contributed by atoms with Crippen LogP contribution in [0.5, 0.6) is 5.75 Å². The van der Waals surface area contributed by atoms with Crippen LogP contribution in [0.3, 0.4) is 0 Å². The zero-order chi connectivity index (χ0) is 23.3.